The number of aromatic nitrogens is 2. The molecule has 7 heteroatoms. The van der Waals surface area contributed by atoms with Gasteiger partial charge in [-0.3, -0.25) is 10.1 Å². The molecule has 0 amide bonds. The van der Waals surface area contributed by atoms with Crippen molar-refractivity contribution >= 4 is 23.1 Å². The third kappa shape index (κ3) is 3.88. The monoisotopic (exact) mass is 306 g/mol. The first kappa shape index (κ1) is 15.2. The molecule has 21 heavy (non-hydrogen) atoms. The molecule has 0 bridgehead atoms. The summed E-state index contributed by atoms with van der Waals surface area (Å²) in [5.74, 6) is 1.33. The Hall–Kier alpha value is -2.21. The zero-order chi connectivity index (χ0) is 15.4. The molecule has 6 nitrogen and oxygen atoms in total. The molecule has 0 aliphatic carbocycles. The predicted octanol–water partition coefficient (Wildman–Crippen LogP) is 3.31. The summed E-state index contributed by atoms with van der Waals surface area (Å²) in [5.41, 5.74) is 1.93. The maximum Gasteiger partial charge on any atom is 0.269 e. The van der Waals surface area contributed by atoms with E-state index in [9.17, 15) is 10.1 Å². The summed E-state index contributed by atoms with van der Waals surface area (Å²) in [6.45, 7) is 4.30. The number of nitrogens with zero attached hydrogens (tertiary/aromatic N) is 3. The van der Waals surface area contributed by atoms with Crippen LogP contribution >= 0.6 is 11.6 Å². The summed E-state index contributed by atoms with van der Waals surface area (Å²) in [5, 5.41) is 14.2. The molecule has 0 aliphatic heterocycles. The fourth-order valence-electron chi connectivity index (χ4n) is 1.88. The molecule has 1 heterocycles. The van der Waals surface area contributed by atoms with Gasteiger partial charge in [-0.15, -0.1) is 0 Å². The van der Waals surface area contributed by atoms with Gasteiger partial charge in [0, 0.05) is 24.2 Å². The molecular formula is C14H15ClN4O2. The molecule has 1 N–H and O–H groups in total. The average Bonchev–Trinajstić information content (AvgIpc) is 2.44. The number of nitro benzene ring substituents is 1. The van der Waals surface area contributed by atoms with Gasteiger partial charge in [-0.25, -0.2) is 9.97 Å². The van der Waals surface area contributed by atoms with Gasteiger partial charge in [0.05, 0.1) is 4.92 Å². The third-order valence-corrected chi connectivity index (χ3v) is 3.42. The van der Waals surface area contributed by atoms with E-state index in [1.54, 1.807) is 19.1 Å². The van der Waals surface area contributed by atoms with E-state index in [-0.39, 0.29) is 5.69 Å². The SMILES string of the molecule is Cc1nc(Cl)c(C)c(NCCc2ccc([N+](=O)[O-])cc2)n1. The van der Waals surface area contributed by atoms with E-state index < -0.39 is 4.92 Å². The van der Waals surface area contributed by atoms with Crippen molar-refractivity contribution in [3.05, 3.63) is 56.5 Å². The van der Waals surface area contributed by atoms with Crippen molar-refractivity contribution in [2.45, 2.75) is 20.3 Å². The molecule has 0 saturated heterocycles. The minimum absolute atomic E-state index is 0.0979. The number of nitrogens with one attached hydrogen (secondary N) is 1. The molecule has 0 spiro atoms. The van der Waals surface area contributed by atoms with Crippen LogP contribution in [0.15, 0.2) is 24.3 Å². The van der Waals surface area contributed by atoms with Crippen LogP contribution < -0.4 is 5.32 Å². The van der Waals surface area contributed by atoms with E-state index in [0.717, 1.165) is 23.4 Å². The predicted molar refractivity (Wildman–Crippen MR) is 81.8 cm³/mol. The van der Waals surface area contributed by atoms with Crippen molar-refractivity contribution in [2.24, 2.45) is 0 Å². The van der Waals surface area contributed by atoms with Crippen LogP contribution in [-0.2, 0) is 6.42 Å². The van der Waals surface area contributed by atoms with Crippen molar-refractivity contribution in [3.63, 3.8) is 0 Å². The minimum Gasteiger partial charge on any atom is -0.369 e. The van der Waals surface area contributed by atoms with Crippen LogP contribution in [0.5, 0.6) is 0 Å². The summed E-state index contributed by atoms with van der Waals surface area (Å²) in [6.07, 6.45) is 0.734. The highest BCUT2D eigenvalue weighted by molar-refractivity contribution is 6.30. The highest BCUT2D eigenvalue weighted by Gasteiger charge is 2.07. The lowest BCUT2D eigenvalue weighted by molar-refractivity contribution is -0.384. The van der Waals surface area contributed by atoms with Gasteiger partial charge in [0.2, 0.25) is 0 Å². The molecule has 0 fully saturated rings. The molecule has 2 aromatic rings. The lowest BCUT2D eigenvalue weighted by Gasteiger charge is -2.10. The van der Waals surface area contributed by atoms with Crippen LogP contribution in [0.3, 0.4) is 0 Å². The Morgan fingerprint density at radius 2 is 1.90 bits per heavy atom. The highest BCUT2D eigenvalue weighted by atomic mass is 35.5. The number of nitro groups is 1. The van der Waals surface area contributed by atoms with Gasteiger partial charge in [0.1, 0.15) is 16.8 Å². The molecule has 0 radical (unpaired) electrons. The van der Waals surface area contributed by atoms with E-state index in [1.165, 1.54) is 12.1 Å². The quantitative estimate of drug-likeness (QED) is 0.520. The number of non-ortho nitro benzene ring substituents is 1. The number of aryl methyl sites for hydroxylation is 1. The standard InChI is InChI=1S/C14H15ClN4O2/c1-9-13(15)17-10(2)18-14(9)16-8-7-11-3-5-12(6-4-11)19(20)21/h3-6H,7-8H2,1-2H3,(H,16,17,18). The van der Waals surface area contributed by atoms with Gasteiger partial charge in [0.15, 0.2) is 0 Å². The molecule has 0 atom stereocenters. The number of rotatable bonds is 5. The summed E-state index contributed by atoms with van der Waals surface area (Å²) in [6, 6.07) is 6.52. The molecule has 0 aliphatic rings. The minimum atomic E-state index is -0.406. The number of hydrogen-bond donors (Lipinski definition) is 1. The first-order valence-electron chi connectivity index (χ1n) is 6.45. The number of hydrogen-bond acceptors (Lipinski definition) is 5. The topological polar surface area (TPSA) is 81.0 Å². The largest absolute Gasteiger partial charge is 0.369 e. The lowest BCUT2D eigenvalue weighted by Crippen LogP contribution is -2.09. The van der Waals surface area contributed by atoms with E-state index in [4.69, 9.17) is 11.6 Å². The smallest absolute Gasteiger partial charge is 0.269 e. The van der Waals surface area contributed by atoms with Gasteiger partial charge < -0.3 is 5.32 Å². The number of anilines is 1. The lowest BCUT2D eigenvalue weighted by atomic mass is 10.1. The number of benzene rings is 1. The van der Waals surface area contributed by atoms with E-state index in [1.807, 2.05) is 6.92 Å². The fourth-order valence-corrected chi connectivity index (χ4v) is 2.09. The molecule has 110 valence electrons. The number of halogens is 1. The van der Waals surface area contributed by atoms with E-state index in [2.05, 4.69) is 15.3 Å². The molecule has 0 saturated carbocycles. The van der Waals surface area contributed by atoms with Crippen molar-refractivity contribution in [3.8, 4) is 0 Å². The maximum atomic E-state index is 10.6. The van der Waals surface area contributed by atoms with Crippen LogP contribution in [0.4, 0.5) is 11.5 Å². The second-order valence-corrected chi connectivity index (χ2v) is 4.99. The zero-order valence-electron chi connectivity index (χ0n) is 11.8. The van der Waals surface area contributed by atoms with E-state index >= 15 is 0 Å². The van der Waals surface area contributed by atoms with Gasteiger partial charge in [-0.1, -0.05) is 23.7 Å². The zero-order valence-corrected chi connectivity index (χ0v) is 12.5. The second-order valence-electron chi connectivity index (χ2n) is 4.64. The van der Waals surface area contributed by atoms with Crippen LogP contribution in [0.2, 0.25) is 5.15 Å². The molecule has 1 aromatic carbocycles. The Morgan fingerprint density at radius 1 is 1.24 bits per heavy atom. The Kier molecular flexibility index (Phi) is 4.70. The van der Waals surface area contributed by atoms with Gasteiger partial charge in [-0.2, -0.15) is 0 Å². The van der Waals surface area contributed by atoms with Crippen molar-refractivity contribution in [1.82, 2.24) is 9.97 Å². The van der Waals surface area contributed by atoms with Crippen LogP contribution in [-0.4, -0.2) is 21.4 Å². The molecule has 2 rings (SSSR count). The molecule has 0 unspecified atom stereocenters. The average molecular weight is 307 g/mol. The highest BCUT2D eigenvalue weighted by Crippen LogP contribution is 2.19. The normalized spacial score (nSPS) is 10.4. The summed E-state index contributed by atoms with van der Waals surface area (Å²) in [7, 11) is 0. The summed E-state index contributed by atoms with van der Waals surface area (Å²) in [4.78, 5) is 18.6. The van der Waals surface area contributed by atoms with E-state index in [0.29, 0.717) is 17.5 Å². The Morgan fingerprint density at radius 3 is 2.52 bits per heavy atom. The maximum absolute atomic E-state index is 10.6. The summed E-state index contributed by atoms with van der Waals surface area (Å²) < 4.78 is 0. The van der Waals surface area contributed by atoms with Crippen LogP contribution in [0, 0.1) is 24.0 Å². The van der Waals surface area contributed by atoms with Crippen molar-refractivity contribution < 1.29 is 4.92 Å². The first-order chi connectivity index (χ1) is 9.97. The fraction of sp³-hybridized carbons (Fsp3) is 0.286. The van der Waals surface area contributed by atoms with Crippen molar-refractivity contribution in [1.29, 1.82) is 0 Å². The Balaban J connectivity index is 1.97. The third-order valence-electron chi connectivity index (χ3n) is 3.05. The van der Waals surface area contributed by atoms with Crippen molar-refractivity contribution in [2.75, 3.05) is 11.9 Å². The van der Waals surface area contributed by atoms with Gasteiger partial charge in [0.25, 0.3) is 5.69 Å². The molecule has 1 aromatic heterocycles. The second kappa shape index (κ2) is 6.49. The first-order valence-corrected chi connectivity index (χ1v) is 6.83. The van der Waals surface area contributed by atoms with Crippen LogP contribution in [0.25, 0.3) is 0 Å². The summed E-state index contributed by atoms with van der Waals surface area (Å²) >= 11 is 6.01. The Labute approximate surface area is 127 Å². The van der Waals surface area contributed by atoms with Crippen LogP contribution in [0.1, 0.15) is 17.0 Å². The van der Waals surface area contributed by atoms with Gasteiger partial charge >= 0.3 is 0 Å². The Bertz CT molecular complexity index is 659. The molecular weight excluding hydrogens is 292 g/mol. The van der Waals surface area contributed by atoms with Gasteiger partial charge in [-0.05, 0) is 25.8 Å².